The van der Waals surface area contributed by atoms with Crippen LogP contribution < -0.4 is 4.90 Å². The van der Waals surface area contributed by atoms with E-state index in [0.717, 1.165) is 13.0 Å². The molecule has 6 nitrogen and oxygen atoms in total. The number of hydrogen-bond acceptors (Lipinski definition) is 5. The number of rotatable bonds is 2. The van der Waals surface area contributed by atoms with Crippen LogP contribution in [0.3, 0.4) is 0 Å². The molecule has 0 bridgehead atoms. The smallest absolute Gasteiger partial charge is 0.419 e. The number of benzene rings is 1. The average Bonchev–Trinajstić information content (AvgIpc) is 3.02. The molecule has 0 spiro atoms. The predicted octanol–water partition coefficient (Wildman–Crippen LogP) is 3.86. The van der Waals surface area contributed by atoms with E-state index in [0.29, 0.717) is 42.6 Å². The number of nitrogens with zero attached hydrogens (tertiary/aromatic N) is 4. The molecule has 0 saturated carbocycles. The van der Waals surface area contributed by atoms with Crippen LogP contribution in [0.1, 0.15) is 12.0 Å². The summed E-state index contributed by atoms with van der Waals surface area (Å²) in [5.41, 5.74) is -2.06. The van der Waals surface area contributed by atoms with Crippen molar-refractivity contribution in [1.82, 2.24) is 14.8 Å². The van der Waals surface area contributed by atoms with Crippen molar-refractivity contribution in [3.63, 3.8) is 0 Å². The maximum absolute atomic E-state index is 14.6. The molecule has 2 aliphatic heterocycles. The lowest BCUT2D eigenvalue weighted by Crippen LogP contribution is -2.60. The van der Waals surface area contributed by atoms with Crippen molar-refractivity contribution in [2.24, 2.45) is 13.0 Å². The lowest BCUT2D eigenvalue weighted by atomic mass is 9.85. The first-order chi connectivity index (χ1) is 14.7. The summed E-state index contributed by atoms with van der Waals surface area (Å²) >= 11 is 0. The molecule has 3 aromatic rings. The van der Waals surface area contributed by atoms with Gasteiger partial charge in [0.2, 0.25) is 0 Å². The molecule has 2 saturated heterocycles. The summed E-state index contributed by atoms with van der Waals surface area (Å²) in [6.45, 7) is 2.15. The van der Waals surface area contributed by atoms with Crippen LogP contribution in [0.2, 0.25) is 0 Å². The molecule has 0 amide bonds. The second-order valence-corrected chi connectivity index (χ2v) is 7.82. The van der Waals surface area contributed by atoms with Gasteiger partial charge in [-0.2, -0.15) is 18.3 Å². The molecule has 164 valence electrons. The summed E-state index contributed by atoms with van der Waals surface area (Å²) in [5, 5.41) is 14.0. The Balaban J connectivity index is 1.60. The van der Waals surface area contributed by atoms with Crippen LogP contribution in [-0.2, 0) is 18.0 Å². The van der Waals surface area contributed by atoms with Gasteiger partial charge in [0, 0.05) is 55.4 Å². The van der Waals surface area contributed by atoms with Gasteiger partial charge in [-0.1, -0.05) is 0 Å². The fourth-order valence-electron chi connectivity index (χ4n) is 4.38. The van der Waals surface area contributed by atoms with Gasteiger partial charge in [0.1, 0.15) is 11.5 Å². The normalized spacial score (nSPS) is 21.3. The monoisotopic (exact) mass is 440 g/mol. The third kappa shape index (κ3) is 3.01. The molecule has 1 N–H and O–H groups in total. The predicted molar refractivity (Wildman–Crippen MR) is 101 cm³/mol. The minimum absolute atomic E-state index is 0.164. The molecule has 2 aromatic heterocycles. The third-order valence-electron chi connectivity index (χ3n) is 6.02. The second kappa shape index (κ2) is 6.78. The molecular weight excluding hydrogens is 423 g/mol. The molecule has 4 heterocycles. The number of ether oxygens (including phenoxy) is 1. The van der Waals surface area contributed by atoms with Crippen molar-refractivity contribution in [2.45, 2.75) is 18.6 Å². The van der Waals surface area contributed by atoms with E-state index in [1.807, 2.05) is 0 Å². The van der Waals surface area contributed by atoms with Gasteiger partial charge < -0.3 is 14.7 Å². The number of hydrogen-bond donors (Lipinski definition) is 1. The van der Waals surface area contributed by atoms with Crippen LogP contribution in [0, 0.1) is 17.6 Å². The van der Waals surface area contributed by atoms with Crippen LogP contribution >= 0.6 is 0 Å². The minimum Gasteiger partial charge on any atom is -0.503 e. The molecule has 31 heavy (non-hydrogen) atoms. The number of aromatic hydroxyl groups is 1. The zero-order chi connectivity index (χ0) is 22.1. The zero-order valence-electron chi connectivity index (χ0n) is 16.2. The number of anilines is 1. The number of phenols is 1. The first-order valence-electron chi connectivity index (χ1n) is 9.62. The lowest BCUT2D eigenvalue weighted by Gasteiger charge is -2.51. The molecule has 2 aliphatic rings. The average molecular weight is 440 g/mol. The van der Waals surface area contributed by atoms with Gasteiger partial charge in [0.15, 0.2) is 17.4 Å². The zero-order valence-corrected chi connectivity index (χ0v) is 16.2. The fraction of sp³-hybridized carbons (Fsp3) is 0.400. The van der Waals surface area contributed by atoms with Gasteiger partial charge in [-0.15, -0.1) is 0 Å². The van der Waals surface area contributed by atoms with Crippen molar-refractivity contribution >= 4 is 16.7 Å². The molecule has 0 unspecified atom stereocenters. The Morgan fingerprint density at radius 3 is 2.68 bits per heavy atom. The highest BCUT2D eigenvalue weighted by Gasteiger charge is 2.42. The Morgan fingerprint density at radius 2 is 1.97 bits per heavy atom. The van der Waals surface area contributed by atoms with E-state index < -0.39 is 34.7 Å². The molecular formula is C20H17F5N4O2. The summed E-state index contributed by atoms with van der Waals surface area (Å²) in [5.74, 6) is -4.14. The molecule has 0 radical (unpaired) electrons. The maximum atomic E-state index is 14.6. The Hall–Kier alpha value is -2.95. The van der Waals surface area contributed by atoms with Gasteiger partial charge in [-0.25, -0.2) is 13.8 Å². The van der Waals surface area contributed by atoms with Crippen molar-refractivity contribution in [3.05, 3.63) is 35.5 Å². The molecule has 1 aromatic carbocycles. The molecule has 2 fully saturated rings. The molecule has 0 aliphatic carbocycles. The quantitative estimate of drug-likeness (QED) is 0.614. The first kappa shape index (κ1) is 20.0. The highest BCUT2D eigenvalue weighted by molar-refractivity contribution is 5.94. The molecule has 11 heteroatoms. The van der Waals surface area contributed by atoms with E-state index in [2.05, 4.69) is 15.0 Å². The number of aromatic nitrogens is 3. The van der Waals surface area contributed by atoms with Crippen LogP contribution in [0.4, 0.5) is 27.8 Å². The van der Waals surface area contributed by atoms with E-state index in [-0.39, 0.29) is 11.1 Å². The Kier molecular flexibility index (Phi) is 4.37. The van der Waals surface area contributed by atoms with E-state index in [1.54, 1.807) is 13.1 Å². The van der Waals surface area contributed by atoms with Gasteiger partial charge in [-0.3, -0.25) is 4.68 Å². The fourth-order valence-corrected chi connectivity index (χ4v) is 4.38. The van der Waals surface area contributed by atoms with Crippen LogP contribution in [0.25, 0.3) is 22.2 Å². The summed E-state index contributed by atoms with van der Waals surface area (Å²) in [6, 6.07) is 2.37. The van der Waals surface area contributed by atoms with Crippen LogP contribution in [0.5, 0.6) is 5.75 Å². The van der Waals surface area contributed by atoms with Gasteiger partial charge in [0.05, 0.1) is 17.7 Å². The van der Waals surface area contributed by atoms with E-state index in [4.69, 9.17) is 4.74 Å². The summed E-state index contributed by atoms with van der Waals surface area (Å²) < 4.78 is 74.8. The summed E-state index contributed by atoms with van der Waals surface area (Å²) in [6.07, 6.45) is -2.83. The highest BCUT2D eigenvalue weighted by atomic mass is 19.4. The molecule has 2 atom stereocenters. The van der Waals surface area contributed by atoms with Crippen molar-refractivity contribution < 1.29 is 31.8 Å². The van der Waals surface area contributed by atoms with Crippen LogP contribution in [-0.4, -0.2) is 45.7 Å². The van der Waals surface area contributed by atoms with Crippen molar-refractivity contribution in [1.29, 1.82) is 0 Å². The SMILES string of the molecule is Cn1nc(-c2cc(C(F)(F)F)c(F)c(O)c2F)c2cnc(N3C[C@@H]4COCC[C@@H]43)cc21. The number of pyridine rings is 1. The van der Waals surface area contributed by atoms with Gasteiger partial charge in [-0.05, 0) is 12.5 Å². The van der Waals surface area contributed by atoms with Crippen molar-refractivity contribution in [2.75, 3.05) is 24.7 Å². The van der Waals surface area contributed by atoms with E-state index in [9.17, 15) is 27.1 Å². The maximum Gasteiger partial charge on any atom is 0.419 e. The Labute approximate surface area is 172 Å². The number of phenolic OH excluding ortho intramolecular Hbond substituents is 1. The Bertz CT molecular complexity index is 1190. The highest BCUT2D eigenvalue weighted by Crippen LogP contribution is 2.42. The van der Waals surface area contributed by atoms with E-state index >= 15 is 0 Å². The summed E-state index contributed by atoms with van der Waals surface area (Å²) in [4.78, 5) is 6.54. The first-order valence-corrected chi connectivity index (χ1v) is 9.62. The van der Waals surface area contributed by atoms with Crippen LogP contribution in [0.15, 0.2) is 18.3 Å². The van der Waals surface area contributed by atoms with Gasteiger partial charge in [0.25, 0.3) is 0 Å². The van der Waals surface area contributed by atoms with Gasteiger partial charge >= 0.3 is 6.18 Å². The third-order valence-corrected chi connectivity index (χ3v) is 6.02. The molecule has 5 rings (SSSR count). The standard InChI is InChI=1S/C20H17F5N4O2/c1-28-14-5-15(29-7-9-8-31-3-2-13(9)29)26-6-11(14)18(27-28)10-4-12(20(23,24)25)17(22)19(30)16(10)21/h4-6,9,13,30H,2-3,7-8H2,1H3/t9-,13+/m1/s1. The Morgan fingerprint density at radius 1 is 1.19 bits per heavy atom. The lowest BCUT2D eigenvalue weighted by molar-refractivity contribution is -0.140. The minimum atomic E-state index is -5.11. The summed E-state index contributed by atoms with van der Waals surface area (Å²) in [7, 11) is 1.56. The topological polar surface area (TPSA) is 63.4 Å². The largest absolute Gasteiger partial charge is 0.503 e. The number of alkyl halides is 3. The number of aryl methyl sites for hydroxylation is 1. The second-order valence-electron chi connectivity index (χ2n) is 7.82. The number of halogens is 5. The number of fused-ring (bicyclic) bond motifs is 2. The van der Waals surface area contributed by atoms with Crippen molar-refractivity contribution in [3.8, 4) is 17.0 Å². The van der Waals surface area contributed by atoms with E-state index in [1.165, 1.54) is 10.9 Å².